The highest BCUT2D eigenvalue weighted by atomic mass is 16.5. The van der Waals surface area contributed by atoms with Gasteiger partial charge in [-0.25, -0.2) is 0 Å². The zero-order valence-corrected chi connectivity index (χ0v) is 18.3. The van der Waals surface area contributed by atoms with E-state index in [4.69, 9.17) is 10.5 Å². The first kappa shape index (κ1) is 21.4. The summed E-state index contributed by atoms with van der Waals surface area (Å²) in [5.74, 6) is -0.207. The maximum absolute atomic E-state index is 10.4. The Kier molecular flexibility index (Phi) is 5.62. The van der Waals surface area contributed by atoms with Crippen LogP contribution in [-0.2, 0) is 0 Å². The van der Waals surface area contributed by atoms with Crippen LogP contribution in [-0.4, -0.2) is 31.6 Å². The number of benzene rings is 2. The Hall–Kier alpha value is -3.79. The summed E-state index contributed by atoms with van der Waals surface area (Å²) in [5.41, 5.74) is 6.72. The van der Waals surface area contributed by atoms with Gasteiger partial charge in [-0.15, -0.1) is 0 Å². The number of rotatable bonds is 4. The topological polar surface area (TPSA) is 110 Å². The van der Waals surface area contributed by atoms with Crippen LogP contribution in [0.3, 0.4) is 0 Å². The van der Waals surface area contributed by atoms with Gasteiger partial charge < -0.3 is 10.5 Å². The average Bonchev–Trinajstić information content (AvgIpc) is 2.83. The molecule has 2 aromatic carbocycles. The summed E-state index contributed by atoms with van der Waals surface area (Å²) in [6.07, 6.45) is 3.03. The van der Waals surface area contributed by atoms with Crippen molar-refractivity contribution in [3.63, 3.8) is 0 Å². The van der Waals surface area contributed by atoms with Crippen molar-refractivity contribution in [1.82, 2.24) is 4.90 Å². The number of hydrogen-bond acceptors (Lipinski definition) is 6. The van der Waals surface area contributed by atoms with Crippen molar-refractivity contribution in [1.29, 1.82) is 15.8 Å². The molecule has 0 bridgehead atoms. The molecule has 0 amide bonds. The van der Waals surface area contributed by atoms with Crippen LogP contribution >= 0.6 is 0 Å². The van der Waals surface area contributed by atoms with Crippen LogP contribution in [0.1, 0.15) is 24.8 Å². The van der Waals surface area contributed by atoms with Gasteiger partial charge in [-0.2, -0.15) is 15.8 Å². The van der Waals surface area contributed by atoms with Crippen LogP contribution in [0.2, 0.25) is 0 Å². The summed E-state index contributed by atoms with van der Waals surface area (Å²) in [7, 11) is 1.60. The van der Waals surface area contributed by atoms with Crippen molar-refractivity contribution in [2.24, 2.45) is 17.1 Å². The van der Waals surface area contributed by atoms with E-state index >= 15 is 0 Å². The van der Waals surface area contributed by atoms with E-state index in [1.54, 1.807) is 7.11 Å². The van der Waals surface area contributed by atoms with Crippen molar-refractivity contribution in [3.05, 3.63) is 64.9 Å². The van der Waals surface area contributed by atoms with Crippen LogP contribution in [0.25, 0.3) is 10.8 Å². The standard InChI is InChI=1S/C26H25N5O/c1-3-11-31-12-10-19-20(13-27)25(30)26(15-28,16-29)24(21(19)14-31)23-18-7-5-4-6-17(18)8-9-22(23)32-2/h4-10,21,24H,3,11-12,14,30H2,1-2H3/t21-,24+/m0/s1. The Bertz CT molecular complexity index is 1240. The number of allylic oxidation sites excluding steroid dienone is 2. The minimum Gasteiger partial charge on any atom is -0.496 e. The predicted molar refractivity (Wildman–Crippen MR) is 122 cm³/mol. The van der Waals surface area contributed by atoms with E-state index in [0.29, 0.717) is 18.8 Å². The van der Waals surface area contributed by atoms with E-state index in [2.05, 4.69) is 30.0 Å². The van der Waals surface area contributed by atoms with Gasteiger partial charge in [0.05, 0.1) is 30.5 Å². The van der Waals surface area contributed by atoms with Crippen molar-refractivity contribution < 1.29 is 4.74 Å². The number of methoxy groups -OCH3 is 1. The van der Waals surface area contributed by atoms with Crippen molar-refractivity contribution in [3.8, 4) is 24.0 Å². The average molecular weight is 424 g/mol. The summed E-state index contributed by atoms with van der Waals surface area (Å²) in [6, 6.07) is 18.4. The van der Waals surface area contributed by atoms with Gasteiger partial charge in [-0.3, -0.25) is 4.90 Å². The lowest BCUT2D eigenvalue weighted by atomic mass is 9.57. The second-order valence-electron chi connectivity index (χ2n) is 8.34. The minimum absolute atomic E-state index is 0.0384. The summed E-state index contributed by atoms with van der Waals surface area (Å²) in [5, 5.41) is 32.6. The van der Waals surface area contributed by atoms with Gasteiger partial charge in [0.1, 0.15) is 11.8 Å². The zero-order valence-electron chi connectivity index (χ0n) is 18.3. The Labute approximate surface area is 188 Å². The highest BCUT2D eigenvalue weighted by Crippen LogP contribution is 2.57. The third-order valence-electron chi connectivity index (χ3n) is 6.74. The lowest BCUT2D eigenvalue weighted by Crippen LogP contribution is -2.48. The molecular weight excluding hydrogens is 398 g/mol. The van der Waals surface area contributed by atoms with Gasteiger partial charge in [0.2, 0.25) is 0 Å². The lowest BCUT2D eigenvalue weighted by Gasteiger charge is -2.46. The SMILES string of the molecule is CCCN1CC=C2C(C#N)=C(N)C(C#N)(C#N)[C@@H](c3c(OC)ccc4ccccc34)[C@H]2C1. The first-order valence-corrected chi connectivity index (χ1v) is 10.8. The molecule has 160 valence electrons. The second-order valence-corrected chi connectivity index (χ2v) is 8.34. The molecule has 6 nitrogen and oxygen atoms in total. The maximum atomic E-state index is 10.4. The molecule has 0 unspecified atom stereocenters. The molecule has 32 heavy (non-hydrogen) atoms. The Morgan fingerprint density at radius 1 is 1.16 bits per heavy atom. The zero-order chi connectivity index (χ0) is 22.9. The molecule has 4 rings (SSSR count). The highest BCUT2D eigenvalue weighted by molar-refractivity contribution is 5.89. The Morgan fingerprint density at radius 2 is 1.91 bits per heavy atom. The monoisotopic (exact) mass is 423 g/mol. The number of nitriles is 3. The third kappa shape index (κ3) is 3.02. The van der Waals surface area contributed by atoms with Crippen LogP contribution in [0.5, 0.6) is 5.75 Å². The normalized spacial score (nSPS) is 22.3. The predicted octanol–water partition coefficient (Wildman–Crippen LogP) is 3.98. The highest BCUT2D eigenvalue weighted by Gasteiger charge is 2.55. The summed E-state index contributed by atoms with van der Waals surface area (Å²) in [4.78, 5) is 2.30. The van der Waals surface area contributed by atoms with E-state index in [1.165, 1.54) is 0 Å². The van der Waals surface area contributed by atoms with Gasteiger partial charge in [0.25, 0.3) is 0 Å². The van der Waals surface area contributed by atoms with Crippen molar-refractivity contribution in [2.45, 2.75) is 19.3 Å². The molecule has 1 aliphatic carbocycles. The molecule has 2 aromatic rings. The van der Waals surface area contributed by atoms with Gasteiger partial charge in [-0.05, 0) is 35.4 Å². The molecule has 0 fully saturated rings. The molecule has 1 heterocycles. The number of ether oxygens (including phenoxy) is 1. The second kappa shape index (κ2) is 8.39. The van der Waals surface area contributed by atoms with E-state index in [-0.39, 0.29) is 17.2 Å². The van der Waals surface area contributed by atoms with Crippen LogP contribution in [0, 0.1) is 45.3 Å². The van der Waals surface area contributed by atoms with E-state index in [9.17, 15) is 15.8 Å². The Morgan fingerprint density at radius 3 is 2.56 bits per heavy atom. The van der Waals surface area contributed by atoms with Crippen LogP contribution in [0.15, 0.2) is 59.3 Å². The van der Waals surface area contributed by atoms with E-state index in [0.717, 1.165) is 34.9 Å². The fourth-order valence-electron chi connectivity index (χ4n) is 5.32. The Balaban J connectivity index is 2.09. The number of nitrogens with zero attached hydrogens (tertiary/aromatic N) is 4. The lowest BCUT2D eigenvalue weighted by molar-refractivity contribution is 0.206. The molecule has 2 atom stereocenters. The van der Waals surface area contributed by atoms with Crippen molar-refractivity contribution >= 4 is 10.8 Å². The first-order chi connectivity index (χ1) is 15.6. The molecule has 2 aliphatic rings. The summed E-state index contributed by atoms with van der Waals surface area (Å²) >= 11 is 0. The fraction of sp³-hybridized carbons (Fsp3) is 0.346. The molecular formula is C26H25N5O. The van der Waals surface area contributed by atoms with Crippen LogP contribution < -0.4 is 10.5 Å². The van der Waals surface area contributed by atoms with E-state index < -0.39 is 11.3 Å². The van der Waals surface area contributed by atoms with Gasteiger partial charge >= 0.3 is 0 Å². The quantitative estimate of drug-likeness (QED) is 0.796. The molecule has 0 saturated heterocycles. The van der Waals surface area contributed by atoms with Gasteiger partial charge in [-0.1, -0.05) is 43.3 Å². The molecule has 0 radical (unpaired) electrons. The van der Waals surface area contributed by atoms with E-state index in [1.807, 2.05) is 42.5 Å². The number of hydrogen-bond donors (Lipinski definition) is 1. The molecule has 0 aromatic heterocycles. The number of fused-ring (bicyclic) bond motifs is 2. The fourth-order valence-corrected chi connectivity index (χ4v) is 5.32. The molecule has 2 N–H and O–H groups in total. The van der Waals surface area contributed by atoms with Gasteiger partial charge in [0.15, 0.2) is 5.41 Å². The molecule has 0 spiro atoms. The first-order valence-electron chi connectivity index (χ1n) is 10.8. The molecule has 1 aliphatic heterocycles. The maximum Gasteiger partial charge on any atom is 0.191 e. The molecule has 0 saturated carbocycles. The smallest absolute Gasteiger partial charge is 0.191 e. The minimum atomic E-state index is -1.68. The number of nitrogens with two attached hydrogens (primary N) is 1. The third-order valence-corrected chi connectivity index (χ3v) is 6.74. The largest absolute Gasteiger partial charge is 0.496 e. The van der Waals surface area contributed by atoms with Crippen molar-refractivity contribution in [2.75, 3.05) is 26.7 Å². The van der Waals surface area contributed by atoms with Gasteiger partial charge in [0, 0.05) is 30.5 Å². The summed E-state index contributed by atoms with van der Waals surface area (Å²) in [6.45, 7) is 4.37. The molecule has 6 heteroatoms. The summed E-state index contributed by atoms with van der Waals surface area (Å²) < 4.78 is 5.76. The van der Waals surface area contributed by atoms with Crippen LogP contribution in [0.4, 0.5) is 0 Å².